The van der Waals surface area contributed by atoms with Gasteiger partial charge in [0.25, 0.3) is 5.69 Å². The Bertz CT molecular complexity index is 535. The van der Waals surface area contributed by atoms with E-state index in [-0.39, 0.29) is 16.3 Å². The Balaban J connectivity index is 3.47. The molecule has 0 atom stereocenters. The molecule has 1 aromatic rings. The topological polar surface area (TPSA) is 86.5 Å². The van der Waals surface area contributed by atoms with Crippen molar-refractivity contribution >= 4 is 15.5 Å². The number of methoxy groups -OCH3 is 1. The highest BCUT2D eigenvalue weighted by atomic mass is 32.2. The molecule has 0 aliphatic rings. The van der Waals surface area contributed by atoms with Crippen LogP contribution in [0.2, 0.25) is 0 Å². The zero-order chi connectivity index (χ0) is 12.3. The van der Waals surface area contributed by atoms with Crippen LogP contribution in [0.25, 0.3) is 0 Å². The molecule has 0 fully saturated rings. The standard InChI is InChI=1S/C9H9NO5S/c1-3-16(13,14)9-5-7(10(11)12)4-8(6-9)15-2/h3-6H,1H2,2H3. The Morgan fingerprint density at radius 3 is 2.50 bits per heavy atom. The molecule has 0 amide bonds. The first kappa shape index (κ1) is 12.2. The van der Waals surface area contributed by atoms with Gasteiger partial charge in [0.2, 0.25) is 0 Å². The van der Waals surface area contributed by atoms with Gasteiger partial charge in [0.1, 0.15) is 5.75 Å². The lowest BCUT2D eigenvalue weighted by molar-refractivity contribution is -0.385. The second-order valence-electron chi connectivity index (χ2n) is 2.84. The zero-order valence-corrected chi connectivity index (χ0v) is 9.23. The number of non-ortho nitro benzene ring substituents is 1. The molecule has 6 nitrogen and oxygen atoms in total. The van der Waals surface area contributed by atoms with Crippen molar-refractivity contribution in [2.75, 3.05) is 7.11 Å². The van der Waals surface area contributed by atoms with E-state index in [2.05, 4.69) is 6.58 Å². The van der Waals surface area contributed by atoms with Crippen molar-refractivity contribution in [1.29, 1.82) is 0 Å². The highest BCUT2D eigenvalue weighted by molar-refractivity contribution is 7.94. The molecule has 0 spiro atoms. The minimum Gasteiger partial charge on any atom is -0.496 e. The third-order valence-corrected chi connectivity index (χ3v) is 3.19. The SMILES string of the molecule is C=CS(=O)(=O)c1cc(OC)cc([N+](=O)[O-])c1. The van der Waals surface area contributed by atoms with Gasteiger partial charge in [0.05, 0.1) is 23.0 Å². The van der Waals surface area contributed by atoms with E-state index in [9.17, 15) is 18.5 Å². The quantitative estimate of drug-likeness (QED) is 0.591. The number of hydrogen-bond donors (Lipinski definition) is 0. The molecule has 0 radical (unpaired) electrons. The highest BCUT2D eigenvalue weighted by Crippen LogP contribution is 2.26. The van der Waals surface area contributed by atoms with Crippen LogP contribution in [0.15, 0.2) is 35.1 Å². The molecule has 7 heteroatoms. The number of rotatable bonds is 4. The summed E-state index contributed by atoms with van der Waals surface area (Å²) in [4.78, 5) is 9.66. The minimum absolute atomic E-state index is 0.106. The summed E-state index contributed by atoms with van der Waals surface area (Å²) in [5.41, 5.74) is -0.347. The average Bonchev–Trinajstić information content (AvgIpc) is 2.28. The number of hydrogen-bond acceptors (Lipinski definition) is 5. The van der Waals surface area contributed by atoms with Gasteiger partial charge in [0, 0.05) is 11.5 Å². The molecule has 0 saturated carbocycles. The van der Waals surface area contributed by atoms with E-state index in [0.29, 0.717) is 0 Å². The number of sulfone groups is 1. The lowest BCUT2D eigenvalue weighted by Crippen LogP contribution is -1.99. The summed E-state index contributed by atoms with van der Waals surface area (Å²) in [7, 11) is -2.41. The lowest BCUT2D eigenvalue weighted by atomic mass is 10.3. The van der Waals surface area contributed by atoms with Gasteiger partial charge in [-0.2, -0.15) is 0 Å². The third kappa shape index (κ3) is 2.37. The van der Waals surface area contributed by atoms with Crippen molar-refractivity contribution in [2.24, 2.45) is 0 Å². The van der Waals surface area contributed by atoms with Gasteiger partial charge in [-0.1, -0.05) is 6.58 Å². The van der Waals surface area contributed by atoms with Crippen LogP contribution in [0.5, 0.6) is 5.75 Å². The molecular formula is C9H9NO5S. The summed E-state index contributed by atoms with van der Waals surface area (Å²) in [5, 5.41) is 11.3. The van der Waals surface area contributed by atoms with Gasteiger partial charge in [-0.3, -0.25) is 10.1 Å². The average molecular weight is 243 g/mol. The van der Waals surface area contributed by atoms with Crippen LogP contribution in [0, 0.1) is 10.1 Å². The maximum atomic E-state index is 11.4. The maximum absolute atomic E-state index is 11.4. The summed E-state index contributed by atoms with van der Waals surface area (Å²) in [5.74, 6) is 0.106. The van der Waals surface area contributed by atoms with Crippen molar-refractivity contribution < 1.29 is 18.1 Å². The second-order valence-corrected chi connectivity index (χ2v) is 4.73. The largest absolute Gasteiger partial charge is 0.496 e. The van der Waals surface area contributed by atoms with Crippen molar-refractivity contribution in [3.05, 3.63) is 40.3 Å². The second kappa shape index (κ2) is 4.31. The Morgan fingerprint density at radius 1 is 1.44 bits per heavy atom. The van der Waals surface area contributed by atoms with Gasteiger partial charge in [-0.05, 0) is 6.07 Å². The molecule has 0 aliphatic carbocycles. The third-order valence-electron chi connectivity index (χ3n) is 1.86. The van der Waals surface area contributed by atoms with Crippen LogP contribution in [0.4, 0.5) is 5.69 Å². The first-order chi connectivity index (χ1) is 7.40. The van der Waals surface area contributed by atoms with Crippen molar-refractivity contribution in [3.8, 4) is 5.75 Å². The van der Waals surface area contributed by atoms with Crippen LogP contribution in [0.3, 0.4) is 0 Å². The Morgan fingerprint density at radius 2 is 2.06 bits per heavy atom. The Hall–Kier alpha value is -1.89. The number of ether oxygens (including phenoxy) is 1. The molecule has 0 aromatic heterocycles. The van der Waals surface area contributed by atoms with E-state index in [1.165, 1.54) is 13.2 Å². The molecule has 86 valence electrons. The molecule has 0 unspecified atom stereocenters. The van der Waals surface area contributed by atoms with Gasteiger partial charge >= 0.3 is 0 Å². The fourth-order valence-corrected chi connectivity index (χ4v) is 1.80. The molecule has 1 aromatic carbocycles. The minimum atomic E-state index is -3.71. The van der Waals surface area contributed by atoms with Crippen molar-refractivity contribution in [3.63, 3.8) is 0 Å². The number of benzene rings is 1. The Kier molecular flexibility index (Phi) is 3.28. The molecular weight excluding hydrogens is 234 g/mol. The highest BCUT2D eigenvalue weighted by Gasteiger charge is 2.17. The van der Waals surface area contributed by atoms with E-state index < -0.39 is 14.8 Å². The summed E-state index contributed by atoms with van der Waals surface area (Å²) < 4.78 is 27.7. The normalized spacial score (nSPS) is 10.8. The van der Waals surface area contributed by atoms with Crippen LogP contribution < -0.4 is 4.74 Å². The van der Waals surface area contributed by atoms with Crippen LogP contribution >= 0.6 is 0 Å². The van der Waals surface area contributed by atoms with Gasteiger partial charge < -0.3 is 4.74 Å². The number of nitro benzene ring substituents is 1. The van der Waals surface area contributed by atoms with Crippen LogP contribution in [-0.4, -0.2) is 20.5 Å². The number of nitrogens with zero attached hydrogens (tertiary/aromatic N) is 1. The van der Waals surface area contributed by atoms with Crippen molar-refractivity contribution in [2.45, 2.75) is 4.90 Å². The van der Waals surface area contributed by atoms with E-state index in [1.54, 1.807) is 0 Å². The summed E-state index contributed by atoms with van der Waals surface area (Å²) >= 11 is 0. The van der Waals surface area contributed by atoms with Gasteiger partial charge in [0.15, 0.2) is 9.84 Å². The van der Waals surface area contributed by atoms with Crippen LogP contribution in [0.1, 0.15) is 0 Å². The predicted octanol–water partition coefficient (Wildman–Crippen LogP) is 1.52. The number of nitro groups is 1. The van der Waals surface area contributed by atoms with E-state index >= 15 is 0 Å². The fraction of sp³-hybridized carbons (Fsp3) is 0.111. The zero-order valence-electron chi connectivity index (χ0n) is 8.41. The molecule has 0 N–H and O–H groups in total. The van der Waals surface area contributed by atoms with Gasteiger partial charge in [-0.25, -0.2) is 8.42 Å². The summed E-state index contributed by atoms with van der Waals surface area (Å²) in [6, 6.07) is 3.30. The first-order valence-electron chi connectivity index (χ1n) is 4.11. The molecule has 16 heavy (non-hydrogen) atoms. The van der Waals surface area contributed by atoms with E-state index in [1.807, 2.05) is 0 Å². The Labute approximate surface area is 92.2 Å². The molecule has 0 aliphatic heterocycles. The van der Waals surface area contributed by atoms with Gasteiger partial charge in [-0.15, -0.1) is 0 Å². The summed E-state index contributed by atoms with van der Waals surface area (Å²) in [6.45, 7) is 3.14. The molecule has 0 bridgehead atoms. The molecule has 1 rings (SSSR count). The molecule has 0 saturated heterocycles. The van der Waals surface area contributed by atoms with E-state index in [0.717, 1.165) is 17.5 Å². The smallest absolute Gasteiger partial charge is 0.274 e. The maximum Gasteiger partial charge on any atom is 0.274 e. The van der Waals surface area contributed by atoms with E-state index in [4.69, 9.17) is 4.74 Å². The predicted molar refractivity (Wildman–Crippen MR) is 57.0 cm³/mol. The monoisotopic (exact) mass is 243 g/mol. The van der Waals surface area contributed by atoms with Crippen molar-refractivity contribution in [1.82, 2.24) is 0 Å². The van der Waals surface area contributed by atoms with Crippen LogP contribution in [-0.2, 0) is 9.84 Å². The fourth-order valence-electron chi connectivity index (χ4n) is 1.04. The summed E-state index contributed by atoms with van der Waals surface area (Å²) in [6.07, 6.45) is 0. The lowest BCUT2D eigenvalue weighted by Gasteiger charge is -2.03. The first-order valence-corrected chi connectivity index (χ1v) is 5.66. The molecule has 0 heterocycles.